The van der Waals surface area contributed by atoms with Gasteiger partial charge in [0.15, 0.2) is 0 Å². The Hall–Kier alpha value is -1.58. The van der Waals surface area contributed by atoms with Gasteiger partial charge in [-0.15, -0.1) is 0 Å². The van der Waals surface area contributed by atoms with Crippen molar-refractivity contribution in [3.05, 3.63) is 29.1 Å². The molecular weight excluding hydrogens is 315 g/mol. The summed E-state index contributed by atoms with van der Waals surface area (Å²) in [6.45, 7) is 9.02. The Morgan fingerprint density at radius 1 is 1.52 bits per heavy atom. The highest BCUT2D eigenvalue weighted by Gasteiger charge is 2.37. The van der Waals surface area contributed by atoms with Gasteiger partial charge in [0.1, 0.15) is 33.3 Å². The number of nitrogens with zero attached hydrogens (tertiary/aromatic N) is 2. The number of ether oxygens (including phenoxy) is 1. The van der Waals surface area contributed by atoms with E-state index >= 15 is 0 Å². The summed E-state index contributed by atoms with van der Waals surface area (Å²) in [5.41, 5.74) is 1.02. The molecule has 124 valence electrons. The van der Waals surface area contributed by atoms with E-state index in [2.05, 4.69) is 10.5 Å². The van der Waals surface area contributed by atoms with Crippen LogP contribution in [0.1, 0.15) is 52.2 Å². The molecule has 6 heteroatoms. The van der Waals surface area contributed by atoms with Gasteiger partial charge in [-0.25, -0.2) is 4.39 Å². The molecular formula is C17H21FN2O2S. The van der Waals surface area contributed by atoms with E-state index in [-0.39, 0.29) is 12.2 Å². The molecule has 0 spiro atoms. The number of benzene rings is 1. The normalized spacial score (nSPS) is 22.3. The third-order valence-corrected chi connectivity index (χ3v) is 5.12. The summed E-state index contributed by atoms with van der Waals surface area (Å²) >= 11 is -1.44. The standard InChI is InChI=1S/C17H21FN2O2S/c1-11(20-23(21)16(2,3)4)14-9-13(18)8-12-10-17(5,6-7-19)22-15(12)14/h8-9H,6,10H2,1-5H3/t17-,23?/m0/s1. The van der Waals surface area contributed by atoms with Gasteiger partial charge < -0.3 is 9.29 Å². The largest absolute Gasteiger partial charge is 0.591 e. The lowest BCUT2D eigenvalue weighted by Gasteiger charge is -2.21. The summed E-state index contributed by atoms with van der Waals surface area (Å²) in [7, 11) is 0. The quantitative estimate of drug-likeness (QED) is 0.624. The van der Waals surface area contributed by atoms with E-state index in [0.717, 1.165) is 0 Å². The molecule has 1 aliphatic heterocycles. The predicted octanol–water partition coefficient (Wildman–Crippen LogP) is 3.70. The average molecular weight is 336 g/mol. The van der Waals surface area contributed by atoms with Crippen molar-refractivity contribution in [3.8, 4) is 11.8 Å². The highest BCUT2D eigenvalue weighted by atomic mass is 32.2. The lowest BCUT2D eigenvalue weighted by atomic mass is 9.95. The highest BCUT2D eigenvalue weighted by molar-refractivity contribution is 7.91. The zero-order valence-electron chi connectivity index (χ0n) is 14.1. The smallest absolute Gasteiger partial charge is 0.144 e. The number of nitriles is 1. The molecule has 2 atom stereocenters. The van der Waals surface area contributed by atoms with Crippen molar-refractivity contribution in [2.75, 3.05) is 0 Å². The van der Waals surface area contributed by atoms with Crippen LogP contribution in [0.3, 0.4) is 0 Å². The summed E-state index contributed by atoms with van der Waals surface area (Å²) in [5, 5.41) is 8.94. The molecule has 0 fully saturated rings. The van der Waals surface area contributed by atoms with Gasteiger partial charge in [-0.1, -0.05) is 4.40 Å². The fraction of sp³-hybridized carbons (Fsp3) is 0.529. The number of hydrogen-bond donors (Lipinski definition) is 0. The Kier molecular flexibility index (Phi) is 4.74. The van der Waals surface area contributed by atoms with Crippen LogP contribution in [0, 0.1) is 17.1 Å². The Morgan fingerprint density at radius 2 is 2.17 bits per heavy atom. The third kappa shape index (κ3) is 3.85. The predicted molar refractivity (Wildman–Crippen MR) is 89.5 cm³/mol. The Morgan fingerprint density at radius 3 is 2.74 bits per heavy atom. The number of fused-ring (bicyclic) bond motifs is 1. The van der Waals surface area contributed by atoms with Crippen LogP contribution in [0.2, 0.25) is 0 Å². The molecule has 0 bridgehead atoms. The van der Waals surface area contributed by atoms with Crippen molar-refractivity contribution < 1.29 is 13.7 Å². The molecule has 1 unspecified atom stereocenters. The summed E-state index contributed by atoms with van der Waals surface area (Å²) in [6, 6.07) is 4.87. The summed E-state index contributed by atoms with van der Waals surface area (Å²) in [5.74, 6) is 0.149. The summed E-state index contributed by atoms with van der Waals surface area (Å²) < 4.78 is 35.8. The lowest BCUT2D eigenvalue weighted by Crippen LogP contribution is -2.29. The minimum absolute atomic E-state index is 0.215. The second-order valence-electron chi connectivity index (χ2n) is 7.04. The van der Waals surface area contributed by atoms with Gasteiger partial charge in [-0.3, -0.25) is 0 Å². The van der Waals surface area contributed by atoms with Crippen LogP contribution in [-0.2, 0) is 17.8 Å². The fourth-order valence-electron chi connectivity index (χ4n) is 2.43. The first kappa shape index (κ1) is 17.8. The summed E-state index contributed by atoms with van der Waals surface area (Å²) in [6.07, 6.45) is 0.684. The number of hydrogen-bond acceptors (Lipinski definition) is 4. The van der Waals surface area contributed by atoms with Crippen molar-refractivity contribution in [1.29, 1.82) is 5.26 Å². The van der Waals surface area contributed by atoms with Crippen LogP contribution in [-0.4, -0.2) is 20.6 Å². The molecule has 0 saturated carbocycles. The van der Waals surface area contributed by atoms with E-state index in [0.29, 0.717) is 29.0 Å². The topological polar surface area (TPSA) is 68.4 Å². The average Bonchev–Trinajstić information content (AvgIpc) is 2.72. The van der Waals surface area contributed by atoms with E-state index in [9.17, 15) is 8.94 Å². The Bertz CT molecular complexity index is 691. The van der Waals surface area contributed by atoms with E-state index < -0.39 is 21.7 Å². The van der Waals surface area contributed by atoms with Gasteiger partial charge in [0.05, 0.1) is 18.2 Å². The first-order valence-electron chi connectivity index (χ1n) is 7.42. The molecule has 0 N–H and O–H groups in total. The second-order valence-corrected chi connectivity index (χ2v) is 8.95. The number of halogens is 1. The molecule has 0 amide bonds. The first-order valence-corrected chi connectivity index (χ1v) is 8.52. The van der Waals surface area contributed by atoms with Crippen LogP contribution in [0.4, 0.5) is 4.39 Å². The van der Waals surface area contributed by atoms with E-state index in [1.165, 1.54) is 12.1 Å². The zero-order valence-corrected chi connectivity index (χ0v) is 14.9. The van der Waals surface area contributed by atoms with Gasteiger partial charge in [-0.05, 0) is 46.8 Å². The third-order valence-electron chi connectivity index (χ3n) is 3.63. The molecule has 23 heavy (non-hydrogen) atoms. The van der Waals surface area contributed by atoms with Crippen LogP contribution in [0.25, 0.3) is 0 Å². The second kappa shape index (κ2) is 6.14. The first-order chi connectivity index (χ1) is 10.6. The molecule has 1 heterocycles. The molecule has 0 saturated heterocycles. The SMILES string of the molecule is CC(=N[S+]([O-])C(C)(C)C)c1cc(F)cc2c1O[C@@](C)(CC#N)C2. The van der Waals surface area contributed by atoms with E-state index in [1.54, 1.807) is 6.92 Å². The van der Waals surface area contributed by atoms with Gasteiger partial charge >= 0.3 is 0 Å². The molecule has 1 aromatic carbocycles. The maximum absolute atomic E-state index is 13.9. The van der Waals surface area contributed by atoms with Gasteiger partial charge in [0, 0.05) is 17.5 Å². The van der Waals surface area contributed by atoms with Crippen molar-refractivity contribution in [2.45, 2.75) is 57.8 Å². The maximum atomic E-state index is 13.9. The van der Waals surface area contributed by atoms with Crippen LogP contribution in [0.15, 0.2) is 16.5 Å². The molecule has 0 radical (unpaired) electrons. The van der Waals surface area contributed by atoms with Gasteiger partial charge in [0.2, 0.25) is 0 Å². The van der Waals surface area contributed by atoms with Crippen molar-refractivity contribution in [1.82, 2.24) is 0 Å². The number of rotatable bonds is 3. The van der Waals surface area contributed by atoms with E-state index in [1.807, 2.05) is 27.7 Å². The fourth-order valence-corrected chi connectivity index (χ4v) is 3.05. The summed E-state index contributed by atoms with van der Waals surface area (Å²) in [4.78, 5) is 0. The van der Waals surface area contributed by atoms with Crippen LogP contribution in [0.5, 0.6) is 5.75 Å². The highest BCUT2D eigenvalue weighted by Crippen LogP contribution is 2.40. The Labute approximate surface area is 139 Å². The van der Waals surface area contributed by atoms with Gasteiger partial charge in [-0.2, -0.15) is 5.26 Å². The van der Waals surface area contributed by atoms with Crippen molar-refractivity contribution >= 4 is 17.1 Å². The lowest BCUT2D eigenvalue weighted by molar-refractivity contribution is 0.121. The minimum Gasteiger partial charge on any atom is -0.591 e. The van der Waals surface area contributed by atoms with Crippen molar-refractivity contribution in [2.24, 2.45) is 4.40 Å². The molecule has 1 aliphatic rings. The molecule has 2 rings (SSSR count). The maximum Gasteiger partial charge on any atom is 0.144 e. The molecule has 4 nitrogen and oxygen atoms in total. The molecule has 0 aromatic heterocycles. The Balaban J connectivity index is 2.44. The van der Waals surface area contributed by atoms with Crippen molar-refractivity contribution in [3.63, 3.8) is 0 Å². The van der Waals surface area contributed by atoms with E-state index in [4.69, 9.17) is 10.00 Å². The van der Waals surface area contributed by atoms with Gasteiger partial charge in [0.25, 0.3) is 0 Å². The van der Waals surface area contributed by atoms with Crippen LogP contribution < -0.4 is 4.74 Å². The molecule has 1 aromatic rings. The van der Waals surface area contributed by atoms with Crippen LogP contribution >= 0.6 is 0 Å². The molecule has 0 aliphatic carbocycles. The zero-order chi connectivity index (χ0) is 17.4. The monoisotopic (exact) mass is 336 g/mol. The minimum atomic E-state index is -1.44.